The minimum atomic E-state index is -0.484. The van der Waals surface area contributed by atoms with Crippen LogP contribution in [0, 0.1) is 0 Å². The van der Waals surface area contributed by atoms with Gasteiger partial charge in [-0.05, 0) is 12.1 Å². The van der Waals surface area contributed by atoms with Gasteiger partial charge in [-0.2, -0.15) is 0 Å². The Balaban J connectivity index is 1.77. The number of benzene rings is 2. The second-order valence-corrected chi connectivity index (χ2v) is 5.19. The Hall–Kier alpha value is -3.28. The molecule has 1 aromatic heterocycles. The zero-order valence-corrected chi connectivity index (χ0v) is 13.9. The summed E-state index contributed by atoms with van der Waals surface area (Å²) in [5.74, 6) is 1.10. The van der Waals surface area contributed by atoms with E-state index in [1.165, 1.54) is 7.11 Å². The number of esters is 1. The topological polar surface area (TPSA) is 70.8 Å². The van der Waals surface area contributed by atoms with Crippen molar-refractivity contribution < 1.29 is 23.5 Å². The molecule has 0 atom stereocenters. The van der Waals surface area contributed by atoms with E-state index in [9.17, 15) is 4.79 Å². The molecule has 0 aliphatic rings. The molecule has 0 amide bonds. The van der Waals surface area contributed by atoms with Crippen LogP contribution in [-0.4, -0.2) is 25.3 Å². The molecule has 0 saturated carbocycles. The van der Waals surface area contributed by atoms with Crippen molar-refractivity contribution in [2.75, 3.05) is 14.2 Å². The van der Waals surface area contributed by atoms with Gasteiger partial charge in [-0.1, -0.05) is 35.5 Å². The molecule has 6 nitrogen and oxygen atoms in total. The van der Waals surface area contributed by atoms with Gasteiger partial charge in [0.1, 0.15) is 29.4 Å². The maximum absolute atomic E-state index is 11.9. The zero-order valence-electron chi connectivity index (χ0n) is 13.9. The summed E-state index contributed by atoms with van der Waals surface area (Å²) in [5.41, 5.74) is 1.85. The largest absolute Gasteiger partial charge is 0.497 e. The van der Waals surface area contributed by atoms with Gasteiger partial charge in [-0.3, -0.25) is 0 Å². The lowest BCUT2D eigenvalue weighted by Crippen LogP contribution is -2.06. The predicted molar refractivity (Wildman–Crippen MR) is 90.6 cm³/mol. The first kappa shape index (κ1) is 16.6. The molecule has 25 heavy (non-hydrogen) atoms. The molecule has 6 heteroatoms. The molecular weight excluding hydrogens is 322 g/mol. The minimum Gasteiger partial charge on any atom is -0.497 e. The number of aromatic nitrogens is 1. The average Bonchev–Trinajstić information content (AvgIpc) is 3.15. The highest BCUT2D eigenvalue weighted by Gasteiger charge is 2.15. The smallest absolute Gasteiger partial charge is 0.341 e. The van der Waals surface area contributed by atoms with Crippen LogP contribution in [0.4, 0.5) is 0 Å². The summed E-state index contributed by atoms with van der Waals surface area (Å²) >= 11 is 0. The van der Waals surface area contributed by atoms with E-state index < -0.39 is 5.97 Å². The molecule has 0 N–H and O–H groups in total. The Bertz CT molecular complexity index is 857. The fraction of sp³-hybridized carbons (Fsp3) is 0.158. The van der Waals surface area contributed by atoms with Crippen LogP contribution < -0.4 is 9.47 Å². The summed E-state index contributed by atoms with van der Waals surface area (Å²) in [6, 6.07) is 16.3. The van der Waals surface area contributed by atoms with Gasteiger partial charge in [0.05, 0.1) is 14.2 Å². The number of nitrogens with zero attached hydrogens (tertiary/aromatic N) is 1. The van der Waals surface area contributed by atoms with Gasteiger partial charge in [-0.15, -0.1) is 0 Å². The Morgan fingerprint density at radius 1 is 1.08 bits per heavy atom. The molecule has 3 rings (SSSR count). The first-order chi connectivity index (χ1) is 12.2. The fourth-order valence-corrected chi connectivity index (χ4v) is 2.30. The molecule has 3 aromatic rings. The van der Waals surface area contributed by atoms with Crippen molar-refractivity contribution in [3.05, 3.63) is 65.9 Å². The SMILES string of the molecule is COC(=O)c1ccc(OC)cc1OCc1cc(-c2ccccc2)on1. The highest BCUT2D eigenvalue weighted by Crippen LogP contribution is 2.27. The van der Waals surface area contributed by atoms with E-state index >= 15 is 0 Å². The number of carbonyl (C=O) groups is 1. The third kappa shape index (κ3) is 3.80. The summed E-state index contributed by atoms with van der Waals surface area (Å²) in [5, 5.41) is 4.00. The number of carbonyl (C=O) groups excluding carboxylic acids is 1. The number of rotatable bonds is 6. The second-order valence-electron chi connectivity index (χ2n) is 5.19. The molecule has 0 radical (unpaired) electrons. The van der Waals surface area contributed by atoms with Crippen LogP contribution in [0.2, 0.25) is 0 Å². The normalized spacial score (nSPS) is 10.3. The van der Waals surface area contributed by atoms with Crippen LogP contribution in [0.5, 0.6) is 11.5 Å². The standard InChI is InChI=1S/C19H17NO5/c1-22-15-8-9-16(19(21)23-2)18(11-15)24-12-14-10-17(25-20-14)13-6-4-3-5-7-13/h3-11H,12H2,1-2H3. The molecule has 2 aromatic carbocycles. The molecule has 0 fully saturated rings. The van der Waals surface area contributed by atoms with Gasteiger partial charge < -0.3 is 18.7 Å². The number of methoxy groups -OCH3 is 2. The summed E-state index contributed by atoms with van der Waals surface area (Å²) in [6.45, 7) is 0.146. The van der Waals surface area contributed by atoms with Gasteiger partial charge in [0.15, 0.2) is 5.76 Å². The van der Waals surface area contributed by atoms with Crippen molar-refractivity contribution in [3.8, 4) is 22.8 Å². The molecular formula is C19H17NO5. The van der Waals surface area contributed by atoms with Gasteiger partial charge in [-0.25, -0.2) is 4.79 Å². The average molecular weight is 339 g/mol. The van der Waals surface area contributed by atoms with E-state index in [0.717, 1.165) is 5.56 Å². The highest BCUT2D eigenvalue weighted by atomic mass is 16.5. The van der Waals surface area contributed by atoms with Crippen molar-refractivity contribution in [1.29, 1.82) is 0 Å². The van der Waals surface area contributed by atoms with Gasteiger partial charge in [0.25, 0.3) is 0 Å². The van der Waals surface area contributed by atoms with Crippen molar-refractivity contribution in [1.82, 2.24) is 5.16 Å². The van der Waals surface area contributed by atoms with E-state index in [4.69, 9.17) is 18.7 Å². The van der Waals surface area contributed by atoms with Crippen LogP contribution in [0.3, 0.4) is 0 Å². The van der Waals surface area contributed by atoms with Gasteiger partial charge in [0.2, 0.25) is 0 Å². The monoisotopic (exact) mass is 339 g/mol. The Kier molecular flexibility index (Phi) is 4.99. The number of ether oxygens (including phenoxy) is 3. The first-order valence-electron chi connectivity index (χ1n) is 7.61. The Morgan fingerprint density at radius 3 is 2.60 bits per heavy atom. The Labute approximate surface area is 144 Å². The lowest BCUT2D eigenvalue weighted by Gasteiger charge is -2.10. The van der Waals surface area contributed by atoms with Crippen LogP contribution in [0.15, 0.2) is 59.1 Å². The molecule has 0 aliphatic heterocycles. The highest BCUT2D eigenvalue weighted by molar-refractivity contribution is 5.92. The van der Waals surface area contributed by atoms with Crippen molar-refractivity contribution in [3.63, 3.8) is 0 Å². The summed E-state index contributed by atoms with van der Waals surface area (Å²) in [6.07, 6.45) is 0. The summed E-state index contributed by atoms with van der Waals surface area (Å²) in [7, 11) is 2.86. The summed E-state index contributed by atoms with van der Waals surface area (Å²) < 4.78 is 21.0. The van der Waals surface area contributed by atoms with Crippen molar-refractivity contribution in [2.45, 2.75) is 6.61 Å². The van der Waals surface area contributed by atoms with E-state index in [2.05, 4.69) is 5.16 Å². The van der Waals surface area contributed by atoms with Crippen LogP contribution in [0.1, 0.15) is 16.1 Å². The quantitative estimate of drug-likeness (QED) is 0.638. The van der Waals surface area contributed by atoms with Crippen molar-refractivity contribution >= 4 is 5.97 Å². The lowest BCUT2D eigenvalue weighted by atomic mass is 10.1. The van der Waals surface area contributed by atoms with Gasteiger partial charge >= 0.3 is 5.97 Å². The molecule has 1 heterocycles. The molecule has 0 unspecified atom stereocenters. The van der Waals surface area contributed by atoms with Crippen LogP contribution >= 0.6 is 0 Å². The lowest BCUT2D eigenvalue weighted by molar-refractivity contribution is 0.0595. The maximum Gasteiger partial charge on any atom is 0.341 e. The predicted octanol–water partition coefficient (Wildman–Crippen LogP) is 3.72. The third-order valence-electron chi connectivity index (χ3n) is 3.59. The van der Waals surface area contributed by atoms with Crippen LogP contribution in [0.25, 0.3) is 11.3 Å². The molecule has 0 aliphatic carbocycles. The van der Waals surface area contributed by atoms with E-state index in [1.807, 2.05) is 30.3 Å². The summed E-state index contributed by atoms with van der Waals surface area (Å²) in [4.78, 5) is 11.9. The third-order valence-corrected chi connectivity index (χ3v) is 3.59. The van der Waals surface area contributed by atoms with Gasteiger partial charge in [0, 0.05) is 17.7 Å². The van der Waals surface area contributed by atoms with E-state index in [0.29, 0.717) is 28.5 Å². The molecule has 0 spiro atoms. The molecule has 128 valence electrons. The number of hydrogen-bond acceptors (Lipinski definition) is 6. The molecule has 0 saturated heterocycles. The fourth-order valence-electron chi connectivity index (χ4n) is 2.30. The number of hydrogen-bond donors (Lipinski definition) is 0. The minimum absolute atomic E-state index is 0.146. The van der Waals surface area contributed by atoms with Crippen molar-refractivity contribution in [2.24, 2.45) is 0 Å². The molecule has 0 bridgehead atoms. The first-order valence-corrected chi connectivity index (χ1v) is 7.61. The second kappa shape index (κ2) is 7.53. The van der Waals surface area contributed by atoms with Crippen LogP contribution in [-0.2, 0) is 11.3 Å². The Morgan fingerprint density at radius 2 is 1.88 bits per heavy atom. The van der Waals surface area contributed by atoms with E-state index in [-0.39, 0.29) is 6.61 Å². The maximum atomic E-state index is 11.9. The van der Waals surface area contributed by atoms with E-state index in [1.54, 1.807) is 31.4 Å². The zero-order chi connectivity index (χ0) is 17.6.